The van der Waals surface area contributed by atoms with Crippen molar-refractivity contribution < 1.29 is 33.4 Å². The molecule has 2 aromatic carbocycles. The molecule has 0 radical (unpaired) electrons. The van der Waals surface area contributed by atoms with E-state index < -0.39 is 29.3 Å². The van der Waals surface area contributed by atoms with Gasteiger partial charge in [0.2, 0.25) is 6.41 Å². The van der Waals surface area contributed by atoms with Crippen LogP contribution in [-0.2, 0) is 19.1 Å². The van der Waals surface area contributed by atoms with Crippen molar-refractivity contribution in [3.8, 4) is 0 Å². The largest absolute Gasteiger partial charge is 0.456 e. The van der Waals surface area contributed by atoms with Crippen LogP contribution < -0.4 is 10.2 Å². The summed E-state index contributed by atoms with van der Waals surface area (Å²) in [7, 11) is 3.67. The molecule has 0 unspecified atom stereocenters. The number of esters is 1. The molecule has 0 aliphatic heterocycles. The monoisotopic (exact) mass is 706 g/mol. The van der Waals surface area contributed by atoms with Crippen molar-refractivity contribution in [2.24, 2.45) is 11.8 Å². The summed E-state index contributed by atoms with van der Waals surface area (Å²) in [6, 6.07) is 12.1. The highest BCUT2D eigenvalue weighted by Crippen LogP contribution is 2.34. The number of nitrogens with one attached hydrogen (secondary N) is 1. The maximum Gasteiger partial charge on any atom is 0.407 e. The van der Waals surface area contributed by atoms with Crippen molar-refractivity contribution in [1.29, 1.82) is 0 Å². The third-order valence-corrected chi connectivity index (χ3v) is 9.02. The summed E-state index contributed by atoms with van der Waals surface area (Å²) in [4.78, 5) is 71.2. The highest BCUT2D eigenvalue weighted by atomic mass is 16.6. The number of amides is 3. The molecule has 280 valence electrons. The summed E-state index contributed by atoms with van der Waals surface area (Å²) >= 11 is 0. The van der Waals surface area contributed by atoms with Gasteiger partial charge in [-0.2, -0.15) is 0 Å². The van der Waals surface area contributed by atoms with E-state index in [2.05, 4.69) is 5.32 Å². The smallest absolute Gasteiger partial charge is 0.407 e. The van der Waals surface area contributed by atoms with E-state index in [1.165, 1.54) is 4.90 Å². The Morgan fingerprint density at radius 2 is 1.41 bits per heavy atom. The molecule has 3 rings (SSSR count). The van der Waals surface area contributed by atoms with Gasteiger partial charge in [0, 0.05) is 29.5 Å². The molecular weight excluding hydrogens is 648 g/mol. The molecule has 0 heterocycles. The normalized spacial score (nSPS) is 17.7. The molecule has 1 aliphatic rings. The lowest BCUT2D eigenvalue weighted by atomic mass is 9.84. The molecule has 0 saturated heterocycles. The molecule has 1 N–H and O–H groups in total. The number of Topliss-reactive ketones (excluding diaryl/α,β-unsaturated/α-hetero) is 1. The fourth-order valence-corrected chi connectivity index (χ4v) is 6.22. The van der Waals surface area contributed by atoms with Crippen molar-refractivity contribution >= 4 is 41.5 Å². The summed E-state index contributed by atoms with van der Waals surface area (Å²) in [5, 5.41) is 2.86. The molecule has 0 aromatic heterocycles. The number of benzene rings is 2. The number of rotatable bonds is 13. The van der Waals surface area contributed by atoms with E-state index >= 15 is 0 Å². The third kappa shape index (κ3) is 11.6. The maximum atomic E-state index is 14.9. The van der Waals surface area contributed by atoms with Crippen molar-refractivity contribution in [3.05, 3.63) is 59.7 Å². The van der Waals surface area contributed by atoms with Gasteiger partial charge in [0.15, 0.2) is 5.78 Å². The molecule has 2 atom stereocenters. The third-order valence-electron chi connectivity index (χ3n) is 9.02. The van der Waals surface area contributed by atoms with Crippen LogP contribution in [0.1, 0.15) is 109 Å². The molecule has 51 heavy (non-hydrogen) atoms. The minimum absolute atomic E-state index is 0.0950. The number of hydrogen-bond donors (Lipinski definition) is 1. The number of ether oxygens (including phenoxy) is 2. The quantitative estimate of drug-likeness (QED) is 0.134. The van der Waals surface area contributed by atoms with Crippen LogP contribution in [0.3, 0.4) is 0 Å². The highest BCUT2D eigenvalue weighted by molar-refractivity contribution is 6.06. The number of likely N-dealkylation sites (N-methyl/N-ethyl adjacent to an activating group) is 1. The zero-order valence-electron chi connectivity index (χ0n) is 32.3. The Hall–Kier alpha value is -4.25. The molecule has 0 bridgehead atoms. The van der Waals surface area contributed by atoms with E-state index in [-0.39, 0.29) is 35.6 Å². The van der Waals surface area contributed by atoms with E-state index in [0.29, 0.717) is 41.9 Å². The van der Waals surface area contributed by atoms with E-state index in [1.807, 2.05) is 60.5 Å². The lowest BCUT2D eigenvalue weighted by Crippen LogP contribution is -2.54. The highest BCUT2D eigenvalue weighted by Gasteiger charge is 2.38. The number of alkyl carbamates (subject to hydrolysis) is 1. The number of carbonyl (C=O) groups excluding carboxylic acids is 5. The van der Waals surface area contributed by atoms with Gasteiger partial charge in [0.1, 0.15) is 17.2 Å². The average molecular weight is 707 g/mol. The van der Waals surface area contributed by atoms with Crippen molar-refractivity contribution in [2.75, 3.05) is 25.5 Å². The first-order valence-electron chi connectivity index (χ1n) is 17.9. The van der Waals surface area contributed by atoms with E-state index in [0.717, 1.165) is 19.3 Å². The van der Waals surface area contributed by atoms with Crippen LogP contribution in [0.4, 0.5) is 16.2 Å². The fourth-order valence-electron chi connectivity index (χ4n) is 6.22. The lowest BCUT2D eigenvalue weighted by molar-refractivity contribution is -0.135. The van der Waals surface area contributed by atoms with Gasteiger partial charge in [-0.25, -0.2) is 9.59 Å². The van der Waals surface area contributed by atoms with Crippen LogP contribution in [-0.4, -0.2) is 89.9 Å². The molecule has 1 fully saturated rings. The Kier molecular flexibility index (Phi) is 14.0. The van der Waals surface area contributed by atoms with Gasteiger partial charge in [-0.3, -0.25) is 24.2 Å². The summed E-state index contributed by atoms with van der Waals surface area (Å²) in [5.74, 6) is -0.943. The second-order valence-electron chi connectivity index (χ2n) is 16.1. The number of carbonyl (C=O) groups is 5. The summed E-state index contributed by atoms with van der Waals surface area (Å²) < 4.78 is 10.9. The summed E-state index contributed by atoms with van der Waals surface area (Å²) in [5.41, 5.74) is 0.466. The second kappa shape index (κ2) is 17.3. The standard InChI is InChI=1S/C40H58N4O7/c1-26(2)34(43(25-45)31-19-15-28(16-20-31)24-41-38(49)51-40(7,8)9)36(47)44(32-21-17-29(18-22-32)37(48)50-39(4,5)6)33-14-12-13-30(23-33)35(46)27(3)42(10)11/h12-14,17-18,21-23,25-28,31,34H,15-16,19-20,24H2,1-11H3,(H,41,49)/t27-,28?,31?,34-/m0/s1. The van der Waals surface area contributed by atoms with Gasteiger partial charge >= 0.3 is 12.1 Å². The van der Waals surface area contributed by atoms with Gasteiger partial charge < -0.3 is 19.7 Å². The zero-order valence-corrected chi connectivity index (χ0v) is 32.3. The SMILES string of the molecule is CC(C)[C@@H](C(=O)N(c1ccc(C(=O)OC(C)(C)C)cc1)c1cccc(C(=O)[C@H](C)N(C)C)c1)N(C=O)C1CCC(CNC(=O)OC(C)(C)C)CC1. The first-order chi connectivity index (χ1) is 23.7. The molecule has 0 spiro atoms. The van der Waals surface area contributed by atoms with Crippen LogP contribution in [0.25, 0.3) is 0 Å². The number of ketones is 1. The predicted molar refractivity (Wildman–Crippen MR) is 199 cm³/mol. The molecule has 2 aromatic rings. The van der Waals surface area contributed by atoms with Crippen molar-refractivity contribution in [2.45, 2.75) is 117 Å². The predicted octanol–water partition coefficient (Wildman–Crippen LogP) is 7.01. The Morgan fingerprint density at radius 3 is 1.92 bits per heavy atom. The Balaban J connectivity index is 1.96. The number of nitrogens with zero attached hydrogens (tertiary/aromatic N) is 3. The van der Waals surface area contributed by atoms with Crippen LogP contribution >= 0.6 is 0 Å². The van der Waals surface area contributed by atoms with E-state index in [1.54, 1.807) is 74.2 Å². The van der Waals surface area contributed by atoms with Crippen LogP contribution in [0.2, 0.25) is 0 Å². The topological polar surface area (TPSA) is 126 Å². The van der Waals surface area contributed by atoms with Crippen LogP contribution in [0.15, 0.2) is 48.5 Å². The first kappa shape index (κ1) is 41.2. The van der Waals surface area contributed by atoms with Crippen molar-refractivity contribution in [3.63, 3.8) is 0 Å². The molecule has 1 saturated carbocycles. The zero-order chi connectivity index (χ0) is 38.3. The fraction of sp³-hybridized carbons (Fsp3) is 0.575. The Morgan fingerprint density at radius 1 is 0.824 bits per heavy atom. The van der Waals surface area contributed by atoms with E-state index in [9.17, 15) is 24.0 Å². The number of hydrogen-bond acceptors (Lipinski definition) is 8. The van der Waals surface area contributed by atoms with Gasteiger partial charge in [0.05, 0.1) is 11.6 Å². The minimum atomic E-state index is -0.825. The molecular formula is C40H58N4O7. The lowest BCUT2D eigenvalue weighted by Gasteiger charge is -2.42. The van der Waals surface area contributed by atoms with Crippen LogP contribution in [0.5, 0.6) is 0 Å². The first-order valence-corrected chi connectivity index (χ1v) is 17.9. The van der Waals surface area contributed by atoms with Gasteiger partial charge in [-0.15, -0.1) is 0 Å². The van der Waals surface area contributed by atoms with Gasteiger partial charge in [-0.1, -0.05) is 26.0 Å². The maximum absolute atomic E-state index is 14.9. The van der Waals surface area contributed by atoms with Crippen LogP contribution in [0, 0.1) is 11.8 Å². The Bertz CT molecular complexity index is 1520. The summed E-state index contributed by atoms with van der Waals surface area (Å²) in [6.45, 7) is 17.0. The van der Waals surface area contributed by atoms with Crippen molar-refractivity contribution in [1.82, 2.24) is 15.1 Å². The van der Waals surface area contributed by atoms with Gasteiger partial charge in [0.25, 0.3) is 5.91 Å². The molecule has 11 nitrogen and oxygen atoms in total. The number of anilines is 2. The second-order valence-corrected chi connectivity index (χ2v) is 16.1. The van der Waals surface area contributed by atoms with Gasteiger partial charge in [-0.05, 0) is 136 Å². The molecule has 11 heteroatoms. The minimum Gasteiger partial charge on any atom is -0.456 e. The molecule has 1 aliphatic carbocycles. The average Bonchev–Trinajstić information content (AvgIpc) is 3.04. The Labute approximate surface area is 304 Å². The molecule has 3 amide bonds. The van der Waals surface area contributed by atoms with E-state index in [4.69, 9.17) is 9.47 Å². The summed E-state index contributed by atoms with van der Waals surface area (Å²) in [6.07, 6.45) is 3.21.